The summed E-state index contributed by atoms with van der Waals surface area (Å²) >= 11 is 1.45. The fourth-order valence-electron chi connectivity index (χ4n) is 2.56. The molecule has 3 rings (SSSR count). The predicted molar refractivity (Wildman–Crippen MR) is 90.4 cm³/mol. The second kappa shape index (κ2) is 7.90. The minimum absolute atomic E-state index is 0.0159. The van der Waals surface area contributed by atoms with Gasteiger partial charge in [-0.1, -0.05) is 6.07 Å². The van der Waals surface area contributed by atoms with Crippen LogP contribution in [-0.4, -0.2) is 28.8 Å². The number of nitrogens with zero attached hydrogens (tertiary/aromatic N) is 2. The highest BCUT2D eigenvalue weighted by Gasteiger charge is 2.29. The van der Waals surface area contributed by atoms with Crippen LogP contribution in [0.1, 0.15) is 29.0 Å². The molecule has 0 spiro atoms. The van der Waals surface area contributed by atoms with Crippen LogP contribution in [-0.2, 0) is 19.4 Å². The van der Waals surface area contributed by atoms with Gasteiger partial charge in [-0.05, 0) is 31.7 Å². The summed E-state index contributed by atoms with van der Waals surface area (Å²) in [6.45, 7) is -1.45. The molecule has 2 heterocycles. The molecule has 0 saturated carbocycles. The maximum absolute atomic E-state index is 12.3. The van der Waals surface area contributed by atoms with E-state index in [1.807, 2.05) is 0 Å². The average Bonchev–Trinajstić information content (AvgIpc) is 3.00. The van der Waals surface area contributed by atoms with Crippen LogP contribution in [0.25, 0.3) is 0 Å². The molecule has 1 aliphatic rings. The van der Waals surface area contributed by atoms with Crippen LogP contribution in [0.4, 0.5) is 23.1 Å². The highest BCUT2D eigenvalue weighted by atomic mass is 32.1. The number of thiazole rings is 1. The molecule has 26 heavy (non-hydrogen) atoms. The van der Waals surface area contributed by atoms with E-state index in [1.54, 1.807) is 12.1 Å². The Kier molecular flexibility index (Phi) is 5.60. The number of hydrogen-bond donors (Lipinski definition) is 2. The van der Waals surface area contributed by atoms with Gasteiger partial charge in [0.2, 0.25) is 5.88 Å². The first-order chi connectivity index (χ1) is 12.4. The van der Waals surface area contributed by atoms with E-state index in [1.165, 1.54) is 22.4 Å². The van der Waals surface area contributed by atoms with Crippen molar-refractivity contribution in [2.45, 2.75) is 38.4 Å². The topological polar surface area (TPSA) is 76.1 Å². The standard InChI is InChI=1S/C16H17F3N4O2S/c17-16(18,19)9-25-13-10(4-3-7-20-13)8-21-14(24)23-15-22-11-5-1-2-6-12(11)26-15/h3-4,7H,1-2,5-6,8-9H2,(H2,21,22,23,24). The molecule has 2 aromatic heterocycles. The predicted octanol–water partition coefficient (Wildman–Crippen LogP) is 3.68. The minimum atomic E-state index is -4.45. The second-order valence-electron chi connectivity index (χ2n) is 5.78. The van der Waals surface area contributed by atoms with Gasteiger partial charge in [-0.2, -0.15) is 13.2 Å². The van der Waals surface area contributed by atoms with Gasteiger partial charge in [-0.25, -0.2) is 14.8 Å². The Balaban J connectivity index is 1.55. The molecule has 0 bridgehead atoms. The van der Waals surface area contributed by atoms with Crippen molar-refractivity contribution in [2.75, 3.05) is 11.9 Å². The summed E-state index contributed by atoms with van der Waals surface area (Å²) in [7, 11) is 0. The number of halogens is 3. The van der Waals surface area contributed by atoms with E-state index in [9.17, 15) is 18.0 Å². The van der Waals surface area contributed by atoms with Gasteiger partial charge in [-0.3, -0.25) is 5.32 Å². The van der Waals surface area contributed by atoms with Crippen molar-refractivity contribution in [3.8, 4) is 5.88 Å². The number of alkyl halides is 3. The first-order valence-corrected chi connectivity index (χ1v) is 8.89. The molecule has 2 N–H and O–H groups in total. The lowest BCUT2D eigenvalue weighted by atomic mass is 10.0. The van der Waals surface area contributed by atoms with Crippen molar-refractivity contribution in [1.82, 2.24) is 15.3 Å². The Morgan fingerprint density at radius 2 is 2.12 bits per heavy atom. The molecule has 0 radical (unpaired) electrons. The normalized spacial score (nSPS) is 13.8. The number of pyridine rings is 1. The number of anilines is 1. The molecule has 6 nitrogen and oxygen atoms in total. The Morgan fingerprint density at radius 1 is 1.31 bits per heavy atom. The number of ether oxygens (including phenoxy) is 1. The van der Waals surface area contributed by atoms with Gasteiger partial charge < -0.3 is 10.1 Å². The zero-order valence-electron chi connectivity index (χ0n) is 13.7. The highest BCUT2D eigenvalue weighted by molar-refractivity contribution is 7.15. The monoisotopic (exact) mass is 386 g/mol. The highest BCUT2D eigenvalue weighted by Crippen LogP contribution is 2.29. The van der Waals surface area contributed by atoms with Crippen LogP contribution in [0.3, 0.4) is 0 Å². The summed E-state index contributed by atoms with van der Waals surface area (Å²) in [5, 5.41) is 5.76. The summed E-state index contributed by atoms with van der Waals surface area (Å²) in [5.41, 5.74) is 1.39. The molecule has 0 aromatic carbocycles. The van der Waals surface area contributed by atoms with Crippen LogP contribution in [0.15, 0.2) is 18.3 Å². The molecular formula is C16H17F3N4O2S. The first kappa shape index (κ1) is 18.4. The van der Waals surface area contributed by atoms with Crippen molar-refractivity contribution in [3.05, 3.63) is 34.5 Å². The molecule has 0 saturated heterocycles. The van der Waals surface area contributed by atoms with E-state index in [0.717, 1.165) is 31.4 Å². The number of rotatable bonds is 5. The number of aryl methyl sites for hydroxylation is 2. The number of nitrogens with one attached hydrogen (secondary N) is 2. The lowest BCUT2D eigenvalue weighted by Crippen LogP contribution is -2.28. The molecule has 140 valence electrons. The maximum atomic E-state index is 12.3. The molecule has 2 aromatic rings. The third-order valence-electron chi connectivity index (χ3n) is 3.73. The average molecular weight is 386 g/mol. The molecule has 0 fully saturated rings. The lowest BCUT2D eigenvalue weighted by Gasteiger charge is -2.12. The van der Waals surface area contributed by atoms with E-state index >= 15 is 0 Å². The second-order valence-corrected chi connectivity index (χ2v) is 6.86. The Hall–Kier alpha value is -2.36. The number of carbonyl (C=O) groups excluding carboxylic acids is 1. The van der Waals surface area contributed by atoms with Crippen LogP contribution < -0.4 is 15.4 Å². The number of fused-ring (bicyclic) bond motifs is 1. The summed E-state index contributed by atoms with van der Waals surface area (Å²) in [4.78, 5) is 21.4. The van der Waals surface area contributed by atoms with E-state index in [0.29, 0.717) is 10.7 Å². The summed E-state index contributed by atoms with van der Waals surface area (Å²) in [6, 6.07) is 2.62. The third kappa shape index (κ3) is 5.07. The van der Waals surface area contributed by atoms with E-state index in [2.05, 4.69) is 25.3 Å². The number of hydrogen-bond acceptors (Lipinski definition) is 5. The van der Waals surface area contributed by atoms with Crippen molar-refractivity contribution < 1.29 is 22.7 Å². The van der Waals surface area contributed by atoms with Gasteiger partial charge >= 0.3 is 12.2 Å². The first-order valence-electron chi connectivity index (χ1n) is 8.07. The van der Waals surface area contributed by atoms with E-state index in [4.69, 9.17) is 0 Å². The van der Waals surface area contributed by atoms with Crippen LogP contribution in [0, 0.1) is 0 Å². The quantitative estimate of drug-likeness (QED) is 0.822. The summed E-state index contributed by atoms with van der Waals surface area (Å²) in [5.74, 6) is -0.158. The van der Waals surface area contributed by atoms with Gasteiger partial charge in [0.05, 0.1) is 5.69 Å². The number of carbonyl (C=O) groups is 1. The largest absolute Gasteiger partial charge is 0.468 e. The molecular weight excluding hydrogens is 369 g/mol. The molecule has 0 atom stereocenters. The third-order valence-corrected chi connectivity index (χ3v) is 4.80. The zero-order valence-corrected chi connectivity index (χ0v) is 14.5. The van der Waals surface area contributed by atoms with Gasteiger partial charge in [0.15, 0.2) is 11.7 Å². The Labute approximate surface area is 151 Å². The number of amides is 2. The van der Waals surface area contributed by atoms with Crippen molar-refractivity contribution >= 4 is 22.5 Å². The fraction of sp³-hybridized carbons (Fsp3) is 0.438. The SMILES string of the molecule is O=C(NCc1cccnc1OCC(F)(F)F)Nc1nc2c(s1)CCCC2. The van der Waals surface area contributed by atoms with Crippen molar-refractivity contribution in [1.29, 1.82) is 0 Å². The lowest BCUT2D eigenvalue weighted by molar-refractivity contribution is -0.154. The molecule has 1 aliphatic carbocycles. The van der Waals surface area contributed by atoms with Gasteiger partial charge in [0, 0.05) is 23.2 Å². The molecule has 0 aliphatic heterocycles. The Morgan fingerprint density at radius 3 is 2.88 bits per heavy atom. The summed E-state index contributed by atoms with van der Waals surface area (Å²) in [6.07, 6.45) is 1.00. The van der Waals surface area contributed by atoms with Gasteiger partial charge in [-0.15, -0.1) is 11.3 Å². The van der Waals surface area contributed by atoms with Gasteiger partial charge in [0.1, 0.15) is 0 Å². The van der Waals surface area contributed by atoms with Crippen LogP contribution >= 0.6 is 11.3 Å². The van der Waals surface area contributed by atoms with E-state index < -0.39 is 18.8 Å². The van der Waals surface area contributed by atoms with Crippen LogP contribution in [0.5, 0.6) is 5.88 Å². The smallest absolute Gasteiger partial charge is 0.422 e. The molecule has 0 unspecified atom stereocenters. The fourth-order valence-corrected chi connectivity index (χ4v) is 3.61. The van der Waals surface area contributed by atoms with Crippen LogP contribution in [0.2, 0.25) is 0 Å². The Bertz CT molecular complexity index is 756. The van der Waals surface area contributed by atoms with Crippen molar-refractivity contribution in [3.63, 3.8) is 0 Å². The summed E-state index contributed by atoms with van der Waals surface area (Å²) < 4.78 is 41.6. The van der Waals surface area contributed by atoms with Gasteiger partial charge in [0.25, 0.3) is 0 Å². The molecule has 10 heteroatoms. The minimum Gasteiger partial charge on any atom is -0.468 e. The van der Waals surface area contributed by atoms with Crippen molar-refractivity contribution in [2.24, 2.45) is 0 Å². The molecule has 2 amide bonds. The number of aromatic nitrogens is 2. The number of urea groups is 1. The zero-order chi connectivity index (χ0) is 18.6. The maximum Gasteiger partial charge on any atom is 0.422 e. The van der Waals surface area contributed by atoms with E-state index in [-0.39, 0.29) is 12.4 Å².